The van der Waals surface area contributed by atoms with Crippen LogP contribution in [0.2, 0.25) is 0 Å². The van der Waals surface area contributed by atoms with E-state index in [-0.39, 0.29) is 17.8 Å². The van der Waals surface area contributed by atoms with Crippen molar-refractivity contribution in [3.8, 4) is 0 Å². The predicted octanol–water partition coefficient (Wildman–Crippen LogP) is 2.08. The van der Waals surface area contributed by atoms with E-state index in [0.717, 1.165) is 36.3 Å². The molecule has 10 heteroatoms. The van der Waals surface area contributed by atoms with Crippen molar-refractivity contribution in [2.24, 2.45) is 0 Å². The van der Waals surface area contributed by atoms with Gasteiger partial charge in [-0.05, 0) is 37.6 Å². The minimum Gasteiger partial charge on any atom is -0.464 e. The molecule has 0 aliphatic carbocycles. The summed E-state index contributed by atoms with van der Waals surface area (Å²) in [7, 11) is 1.31. The van der Waals surface area contributed by atoms with Gasteiger partial charge in [0.05, 0.1) is 24.2 Å². The highest BCUT2D eigenvalue weighted by Gasteiger charge is 2.40. The third-order valence-corrected chi connectivity index (χ3v) is 5.35. The molecule has 0 aromatic carbocycles. The lowest BCUT2D eigenvalue weighted by atomic mass is 10.1. The number of amides is 2. The number of pyridine rings is 2. The van der Waals surface area contributed by atoms with Crippen LogP contribution in [0.4, 0.5) is 22.1 Å². The SMILES string of the molecule is COC(=O)c1ccc2c(n1)N(C(=O)Nc1n[nH]c3nc(C)ccc13)[C@H]1CCN2C1. The van der Waals surface area contributed by atoms with Gasteiger partial charge in [-0.15, -0.1) is 0 Å². The number of fused-ring (bicyclic) bond motifs is 5. The fourth-order valence-electron chi connectivity index (χ4n) is 3.95. The molecule has 0 unspecified atom stereocenters. The molecule has 3 aromatic heterocycles. The van der Waals surface area contributed by atoms with E-state index in [1.807, 2.05) is 25.1 Å². The number of urea groups is 1. The van der Waals surface area contributed by atoms with Gasteiger partial charge >= 0.3 is 12.0 Å². The van der Waals surface area contributed by atoms with Crippen LogP contribution in [0.1, 0.15) is 22.6 Å². The van der Waals surface area contributed by atoms with Gasteiger partial charge in [-0.25, -0.2) is 19.6 Å². The minimum absolute atomic E-state index is 0.0338. The fourth-order valence-corrected chi connectivity index (χ4v) is 3.95. The number of aromatic amines is 1. The van der Waals surface area contributed by atoms with Gasteiger partial charge in [-0.1, -0.05) is 0 Å². The van der Waals surface area contributed by atoms with Crippen LogP contribution in [-0.2, 0) is 4.74 Å². The van der Waals surface area contributed by atoms with E-state index >= 15 is 0 Å². The monoisotopic (exact) mass is 393 g/mol. The van der Waals surface area contributed by atoms with E-state index in [1.54, 1.807) is 11.0 Å². The highest BCUT2D eigenvalue weighted by atomic mass is 16.5. The first-order valence-electron chi connectivity index (χ1n) is 9.31. The zero-order chi connectivity index (χ0) is 20.1. The Kier molecular flexibility index (Phi) is 3.86. The number of H-pyrrole nitrogens is 1. The molecule has 5 rings (SSSR count). The molecule has 29 heavy (non-hydrogen) atoms. The maximum Gasteiger partial charge on any atom is 0.356 e. The molecule has 2 aliphatic rings. The molecule has 2 bridgehead atoms. The van der Waals surface area contributed by atoms with Crippen molar-refractivity contribution in [2.75, 3.05) is 35.3 Å². The molecule has 10 nitrogen and oxygen atoms in total. The third-order valence-electron chi connectivity index (χ3n) is 5.35. The maximum absolute atomic E-state index is 13.2. The molecule has 3 aromatic rings. The van der Waals surface area contributed by atoms with Crippen molar-refractivity contribution in [1.82, 2.24) is 20.2 Å². The molecule has 0 saturated carbocycles. The summed E-state index contributed by atoms with van der Waals surface area (Å²) in [5.74, 6) is 0.317. The number of carbonyl (C=O) groups excluding carboxylic acids is 2. The Labute approximate surface area is 165 Å². The van der Waals surface area contributed by atoms with Gasteiger partial charge in [-0.2, -0.15) is 5.10 Å². The average Bonchev–Trinajstić information content (AvgIpc) is 3.32. The Morgan fingerprint density at radius 1 is 1.24 bits per heavy atom. The zero-order valence-corrected chi connectivity index (χ0v) is 16.0. The summed E-state index contributed by atoms with van der Waals surface area (Å²) in [4.78, 5) is 37.8. The smallest absolute Gasteiger partial charge is 0.356 e. The second-order valence-electron chi connectivity index (χ2n) is 7.14. The second-order valence-corrected chi connectivity index (χ2v) is 7.14. The Morgan fingerprint density at radius 3 is 2.93 bits per heavy atom. The first kappa shape index (κ1) is 17.4. The largest absolute Gasteiger partial charge is 0.464 e. The van der Waals surface area contributed by atoms with Crippen molar-refractivity contribution in [1.29, 1.82) is 0 Å². The molecule has 1 saturated heterocycles. The minimum atomic E-state index is -0.541. The van der Waals surface area contributed by atoms with Crippen LogP contribution >= 0.6 is 0 Å². The van der Waals surface area contributed by atoms with Crippen LogP contribution in [0, 0.1) is 6.92 Å². The average molecular weight is 393 g/mol. The molecule has 1 fully saturated rings. The molecule has 2 amide bonds. The molecule has 5 heterocycles. The number of nitrogens with zero attached hydrogens (tertiary/aromatic N) is 5. The summed E-state index contributed by atoms with van der Waals surface area (Å²) in [6.07, 6.45) is 0.819. The number of anilines is 3. The number of hydrogen-bond donors (Lipinski definition) is 2. The van der Waals surface area contributed by atoms with Gasteiger partial charge in [-0.3, -0.25) is 15.3 Å². The summed E-state index contributed by atoms with van der Waals surface area (Å²) in [6.45, 7) is 3.44. The normalized spacial score (nSPS) is 17.4. The number of aromatic nitrogens is 4. The van der Waals surface area contributed by atoms with Crippen molar-refractivity contribution < 1.29 is 14.3 Å². The van der Waals surface area contributed by atoms with Crippen LogP contribution in [-0.4, -0.2) is 58.4 Å². The van der Waals surface area contributed by atoms with Crippen molar-refractivity contribution in [3.63, 3.8) is 0 Å². The quantitative estimate of drug-likeness (QED) is 0.640. The second kappa shape index (κ2) is 6.43. The van der Waals surface area contributed by atoms with Gasteiger partial charge in [0.2, 0.25) is 0 Å². The number of aryl methyl sites for hydroxylation is 1. The zero-order valence-electron chi connectivity index (χ0n) is 16.0. The lowest BCUT2D eigenvalue weighted by Crippen LogP contribution is -2.48. The summed E-state index contributed by atoms with van der Waals surface area (Å²) in [6, 6.07) is 6.78. The first-order valence-corrected chi connectivity index (χ1v) is 9.31. The van der Waals surface area contributed by atoms with Crippen LogP contribution in [0.3, 0.4) is 0 Å². The Hall–Kier alpha value is -3.69. The van der Waals surface area contributed by atoms with Crippen LogP contribution in [0.25, 0.3) is 11.0 Å². The topological polar surface area (TPSA) is 116 Å². The Morgan fingerprint density at radius 2 is 2.10 bits per heavy atom. The number of rotatable bonds is 2. The van der Waals surface area contributed by atoms with E-state index in [0.29, 0.717) is 17.3 Å². The van der Waals surface area contributed by atoms with Crippen molar-refractivity contribution >= 4 is 40.4 Å². The molecule has 2 aliphatic heterocycles. The van der Waals surface area contributed by atoms with E-state index in [9.17, 15) is 9.59 Å². The molecule has 2 N–H and O–H groups in total. The number of nitrogens with one attached hydrogen (secondary N) is 2. The molecule has 0 spiro atoms. The van der Waals surface area contributed by atoms with Gasteiger partial charge in [0.1, 0.15) is 0 Å². The Bertz CT molecular complexity index is 1140. The third kappa shape index (κ3) is 2.75. The molecule has 0 radical (unpaired) electrons. The predicted molar refractivity (Wildman–Crippen MR) is 106 cm³/mol. The number of hydrogen-bond acceptors (Lipinski definition) is 7. The van der Waals surface area contributed by atoms with E-state index in [1.165, 1.54) is 7.11 Å². The highest BCUT2D eigenvalue weighted by molar-refractivity contribution is 6.07. The molecule has 1 atom stereocenters. The number of ether oxygens (including phenoxy) is 1. The lowest BCUT2D eigenvalue weighted by Gasteiger charge is -2.35. The Balaban J connectivity index is 1.51. The van der Waals surface area contributed by atoms with Crippen molar-refractivity contribution in [2.45, 2.75) is 19.4 Å². The van der Waals surface area contributed by atoms with Crippen LogP contribution in [0.15, 0.2) is 24.3 Å². The van der Waals surface area contributed by atoms with E-state index in [2.05, 4.69) is 30.4 Å². The summed E-state index contributed by atoms with van der Waals surface area (Å²) >= 11 is 0. The fraction of sp³-hybridized carbons (Fsp3) is 0.316. The maximum atomic E-state index is 13.2. The van der Waals surface area contributed by atoms with Crippen LogP contribution < -0.4 is 15.1 Å². The van der Waals surface area contributed by atoms with Gasteiger partial charge < -0.3 is 9.64 Å². The summed E-state index contributed by atoms with van der Waals surface area (Å²) in [5, 5.41) is 10.6. The number of methoxy groups -OCH3 is 1. The van der Waals surface area contributed by atoms with E-state index < -0.39 is 5.97 Å². The number of carbonyl (C=O) groups is 2. The van der Waals surface area contributed by atoms with E-state index in [4.69, 9.17) is 4.74 Å². The van der Waals surface area contributed by atoms with Gasteiger partial charge in [0, 0.05) is 18.8 Å². The summed E-state index contributed by atoms with van der Waals surface area (Å²) < 4.78 is 4.78. The molecular formula is C19H19N7O3. The van der Waals surface area contributed by atoms with Gasteiger partial charge in [0.25, 0.3) is 0 Å². The first-order chi connectivity index (χ1) is 14.0. The lowest BCUT2D eigenvalue weighted by molar-refractivity contribution is 0.0594. The van der Waals surface area contributed by atoms with Crippen LogP contribution in [0.5, 0.6) is 0 Å². The molecule has 148 valence electrons. The van der Waals surface area contributed by atoms with Crippen molar-refractivity contribution in [3.05, 3.63) is 35.7 Å². The summed E-state index contributed by atoms with van der Waals surface area (Å²) in [5.41, 5.74) is 2.45. The number of esters is 1. The van der Waals surface area contributed by atoms with Gasteiger partial charge in [0.15, 0.2) is 23.0 Å². The molecular weight excluding hydrogens is 374 g/mol. The highest BCUT2D eigenvalue weighted by Crippen LogP contribution is 2.39. The standard InChI is InChI=1S/C19H19N7O3/c1-10-3-4-12-15(20-10)23-24-16(12)22-19(28)26-11-7-8-25(9-11)14-6-5-13(18(27)29-2)21-17(14)26/h3-6,11H,7-9H2,1-2H3,(H2,20,22,23,24,28)/t11-/m0/s1.